The summed E-state index contributed by atoms with van der Waals surface area (Å²) in [5.41, 5.74) is 2.76. The second kappa shape index (κ2) is 6.29. The lowest BCUT2D eigenvalue weighted by Gasteiger charge is -2.20. The molecule has 1 rings (SSSR count). The minimum atomic E-state index is 0.546. The maximum absolute atomic E-state index is 3.58. The molecule has 0 bridgehead atoms. The highest BCUT2D eigenvalue weighted by Crippen LogP contribution is 2.09. The van der Waals surface area contributed by atoms with Crippen molar-refractivity contribution in [1.29, 1.82) is 0 Å². The molecule has 1 unspecified atom stereocenters. The van der Waals surface area contributed by atoms with Gasteiger partial charge in [0.1, 0.15) is 0 Å². The molecule has 0 spiro atoms. The molecule has 0 aliphatic carbocycles. The minimum Gasteiger partial charge on any atom is -0.309 e. The number of benzene rings is 1. The molecule has 0 heterocycles. The van der Waals surface area contributed by atoms with E-state index in [1.54, 1.807) is 0 Å². The van der Waals surface area contributed by atoms with Crippen molar-refractivity contribution < 1.29 is 0 Å². The number of rotatable bonds is 5. The van der Waals surface area contributed by atoms with Crippen LogP contribution in [0.2, 0.25) is 0 Å². The summed E-state index contributed by atoms with van der Waals surface area (Å²) in [6, 6.07) is 9.08. The number of hydrogen-bond acceptors (Lipinski definition) is 1. The Hall–Kier alpha value is -0.340. The topological polar surface area (TPSA) is 12.0 Å². The highest BCUT2D eigenvalue weighted by molar-refractivity contribution is 9.09. The van der Waals surface area contributed by atoms with Gasteiger partial charge >= 0.3 is 0 Å². The van der Waals surface area contributed by atoms with E-state index in [2.05, 4.69) is 66.3 Å². The van der Waals surface area contributed by atoms with Crippen LogP contribution < -0.4 is 5.32 Å². The van der Waals surface area contributed by atoms with E-state index in [4.69, 9.17) is 0 Å². The van der Waals surface area contributed by atoms with Gasteiger partial charge in [-0.3, -0.25) is 0 Å². The molecule has 0 aliphatic rings. The van der Waals surface area contributed by atoms with Gasteiger partial charge in [-0.05, 0) is 24.0 Å². The van der Waals surface area contributed by atoms with Crippen LogP contribution in [0, 0.1) is 12.8 Å². The average molecular weight is 270 g/mol. The van der Waals surface area contributed by atoms with Crippen LogP contribution in [0.15, 0.2) is 24.3 Å². The fourth-order valence-corrected chi connectivity index (χ4v) is 2.49. The number of aryl methyl sites for hydroxylation is 1. The fourth-order valence-electron chi connectivity index (χ4n) is 1.52. The molecule has 0 fully saturated rings. The molecular weight excluding hydrogens is 250 g/mol. The lowest BCUT2D eigenvalue weighted by molar-refractivity contribution is 0.433. The summed E-state index contributed by atoms with van der Waals surface area (Å²) in [6.45, 7) is 7.62. The van der Waals surface area contributed by atoms with E-state index in [-0.39, 0.29) is 0 Å². The zero-order chi connectivity index (χ0) is 11.3. The number of nitrogens with one attached hydrogen (secondary N) is 1. The molecule has 0 radical (unpaired) electrons. The lowest BCUT2D eigenvalue weighted by atomic mass is 10.0. The summed E-state index contributed by atoms with van der Waals surface area (Å²) in [7, 11) is 0. The van der Waals surface area contributed by atoms with Gasteiger partial charge in [-0.2, -0.15) is 0 Å². The van der Waals surface area contributed by atoms with Crippen LogP contribution in [0.1, 0.15) is 25.0 Å². The predicted octanol–water partition coefficient (Wildman–Crippen LogP) is 3.50. The van der Waals surface area contributed by atoms with Crippen molar-refractivity contribution in [2.45, 2.75) is 33.4 Å². The van der Waals surface area contributed by atoms with E-state index in [1.807, 2.05) is 0 Å². The van der Waals surface area contributed by atoms with E-state index in [0.717, 1.165) is 11.9 Å². The van der Waals surface area contributed by atoms with Gasteiger partial charge in [0.25, 0.3) is 0 Å². The zero-order valence-electron chi connectivity index (χ0n) is 9.76. The van der Waals surface area contributed by atoms with Crippen LogP contribution in [0.5, 0.6) is 0 Å². The molecule has 2 heteroatoms. The molecular formula is C13H20BrN. The van der Waals surface area contributed by atoms with E-state index in [1.165, 1.54) is 11.1 Å². The van der Waals surface area contributed by atoms with Gasteiger partial charge in [-0.25, -0.2) is 0 Å². The van der Waals surface area contributed by atoms with Crippen molar-refractivity contribution >= 4 is 15.9 Å². The summed E-state index contributed by atoms with van der Waals surface area (Å²) in [5.74, 6) is 0.661. The maximum atomic E-state index is 3.58. The largest absolute Gasteiger partial charge is 0.309 e. The Morgan fingerprint density at radius 3 is 2.47 bits per heavy atom. The SMILES string of the molecule is Cc1ccccc1CNC(CBr)C(C)C. The predicted molar refractivity (Wildman–Crippen MR) is 70.4 cm³/mol. The third kappa shape index (κ3) is 3.96. The molecule has 0 aromatic heterocycles. The van der Waals surface area contributed by atoms with Crippen molar-refractivity contribution in [2.75, 3.05) is 5.33 Å². The summed E-state index contributed by atoms with van der Waals surface area (Å²) < 4.78 is 0. The average Bonchev–Trinajstić information content (AvgIpc) is 2.21. The summed E-state index contributed by atoms with van der Waals surface area (Å²) in [4.78, 5) is 0. The molecule has 1 atom stereocenters. The molecule has 0 saturated carbocycles. The lowest BCUT2D eigenvalue weighted by Crippen LogP contribution is -2.34. The molecule has 0 aliphatic heterocycles. The zero-order valence-corrected chi connectivity index (χ0v) is 11.3. The van der Waals surface area contributed by atoms with E-state index in [9.17, 15) is 0 Å². The van der Waals surface area contributed by atoms with Crippen molar-refractivity contribution in [1.82, 2.24) is 5.32 Å². The van der Waals surface area contributed by atoms with Gasteiger partial charge < -0.3 is 5.32 Å². The molecule has 1 nitrogen and oxygen atoms in total. The number of halogens is 1. The first kappa shape index (κ1) is 12.7. The fraction of sp³-hybridized carbons (Fsp3) is 0.538. The normalized spacial score (nSPS) is 13.1. The maximum Gasteiger partial charge on any atom is 0.0211 e. The second-order valence-electron chi connectivity index (χ2n) is 4.31. The van der Waals surface area contributed by atoms with Gasteiger partial charge in [0.15, 0.2) is 0 Å². The van der Waals surface area contributed by atoms with Crippen LogP contribution in [0.25, 0.3) is 0 Å². The van der Waals surface area contributed by atoms with Crippen molar-refractivity contribution in [3.63, 3.8) is 0 Å². The molecule has 15 heavy (non-hydrogen) atoms. The molecule has 0 amide bonds. The Balaban J connectivity index is 2.53. The molecule has 1 aromatic rings. The Kier molecular flexibility index (Phi) is 5.34. The van der Waals surface area contributed by atoms with Gasteiger partial charge in [-0.15, -0.1) is 0 Å². The quantitative estimate of drug-likeness (QED) is 0.807. The second-order valence-corrected chi connectivity index (χ2v) is 4.96. The first-order valence-corrected chi connectivity index (χ1v) is 6.61. The van der Waals surface area contributed by atoms with E-state index >= 15 is 0 Å². The van der Waals surface area contributed by atoms with Gasteiger partial charge in [0.05, 0.1) is 0 Å². The summed E-state index contributed by atoms with van der Waals surface area (Å²) in [5, 5.41) is 4.59. The summed E-state index contributed by atoms with van der Waals surface area (Å²) >= 11 is 3.55. The summed E-state index contributed by atoms with van der Waals surface area (Å²) in [6.07, 6.45) is 0. The van der Waals surface area contributed by atoms with Crippen LogP contribution in [0.4, 0.5) is 0 Å². The number of alkyl halides is 1. The van der Waals surface area contributed by atoms with Gasteiger partial charge in [-0.1, -0.05) is 54.0 Å². The molecule has 84 valence electrons. The molecule has 0 saturated heterocycles. The monoisotopic (exact) mass is 269 g/mol. The van der Waals surface area contributed by atoms with E-state index < -0.39 is 0 Å². The first-order chi connectivity index (χ1) is 7.15. The van der Waals surface area contributed by atoms with Crippen molar-refractivity contribution in [3.8, 4) is 0 Å². The Bertz CT molecular complexity index is 296. The van der Waals surface area contributed by atoms with Crippen LogP contribution in [-0.2, 0) is 6.54 Å². The molecule has 1 N–H and O–H groups in total. The van der Waals surface area contributed by atoms with Crippen molar-refractivity contribution in [3.05, 3.63) is 35.4 Å². The van der Waals surface area contributed by atoms with Crippen molar-refractivity contribution in [2.24, 2.45) is 5.92 Å². The van der Waals surface area contributed by atoms with Gasteiger partial charge in [0.2, 0.25) is 0 Å². The third-order valence-electron chi connectivity index (χ3n) is 2.79. The minimum absolute atomic E-state index is 0.546. The Morgan fingerprint density at radius 1 is 1.27 bits per heavy atom. The van der Waals surface area contributed by atoms with E-state index in [0.29, 0.717) is 12.0 Å². The standard InChI is InChI=1S/C13H20BrN/c1-10(2)13(8-14)15-9-12-7-5-4-6-11(12)3/h4-7,10,13,15H,8-9H2,1-3H3. The number of hydrogen-bond donors (Lipinski definition) is 1. The van der Waals surface area contributed by atoms with Crippen LogP contribution >= 0.6 is 15.9 Å². The van der Waals surface area contributed by atoms with Gasteiger partial charge in [0, 0.05) is 17.9 Å². The smallest absolute Gasteiger partial charge is 0.0211 e. The Morgan fingerprint density at radius 2 is 1.93 bits per heavy atom. The van der Waals surface area contributed by atoms with Crippen LogP contribution in [-0.4, -0.2) is 11.4 Å². The highest BCUT2D eigenvalue weighted by atomic mass is 79.9. The Labute approximate surface area is 101 Å². The molecule has 1 aromatic carbocycles. The third-order valence-corrected chi connectivity index (χ3v) is 3.48. The first-order valence-electron chi connectivity index (χ1n) is 5.49. The highest BCUT2D eigenvalue weighted by Gasteiger charge is 2.10. The van der Waals surface area contributed by atoms with Crippen LogP contribution in [0.3, 0.4) is 0 Å².